The standard InChI is InChI=1S/C36H50N6O5S/c1-4-5-6-19-38-35-32(26(2)39-36(37)40-35)10-8-21-42(23-28-13-11-27(12-14-28)22-34(44)45)33(43)25-41-20-7-9-30(24-41)29-15-17-31(18-16-29)48(3,46)47/h11-18,30H,4-10,19-25H2,1-3H3,(H,44,45)(H3,37,38,39,40). The van der Waals surface area contributed by atoms with E-state index in [-0.39, 0.29) is 30.7 Å². The monoisotopic (exact) mass is 678 g/mol. The molecule has 2 aromatic carbocycles. The summed E-state index contributed by atoms with van der Waals surface area (Å²) in [5, 5.41) is 12.6. The Balaban J connectivity index is 1.45. The van der Waals surface area contributed by atoms with Gasteiger partial charge in [0.25, 0.3) is 0 Å². The number of nitrogens with one attached hydrogen (secondary N) is 1. The molecule has 1 aliphatic rings. The van der Waals surface area contributed by atoms with E-state index in [1.54, 1.807) is 12.1 Å². The summed E-state index contributed by atoms with van der Waals surface area (Å²) in [6.07, 6.45) is 7.76. The number of carbonyl (C=O) groups excluding carboxylic acids is 1. The molecule has 1 amide bonds. The molecule has 0 aliphatic carbocycles. The third kappa shape index (κ3) is 11.0. The van der Waals surface area contributed by atoms with Gasteiger partial charge in [0.1, 0.15) is 5.82 Å². The molecule has 0 saturated carbocycles. The fraction of sp³-hybridized carbons (Fsp3) is 0.500. The van der Waals surface area contributed by atoms with Crippen LogP contribution in [0.3, 0.4) is 0 Å². The van der Waals surface area contributed by atoms with Crippen LogP contribution in [0, 0.1) is 6.92 Å². The van der Waals surface area contributed by atoms with Gasteiger partial charge in [-0.15, -0.1) is 0 Å². The van der Waals surface area contributed by atoms with Gasteiger partial charge in [-0.2, -0.15) is 4.98 Å². The largest absolute Gasteiger partial charge is 0.481 e. The van der Waals surface area contributed by atoms with Gasteiger partial charge in [-0.25, -0.2) is 13.4 Å². The van der Waals surface area contributed by atoms with Crippen molar-refractivity contribution in [2.24, 2.45) is 0 Å². The van der Waals surface area contributed by atoms with Crippen molar-refractivity contribution in [3.8, 4) is 0 Å². The smallest absolute Gasteiger partial charge is 0.307 e. The fourth-order valence-corrected chi connectivity index (χ4v) is 6.92. The maximum Gasteiger partial charge on any atom is 0.307 e. The Labute approximate surface area is 284 Å². The second-order valence-electron chi connectivity index (χ2n) is 12.8. The third-order valence-corrected chi connectivity index (χ3v) is 10.0. The number of anilines is 2. The molecule has 3 aromatic rings. The van der Waals surface area contributed by atoms with Gasteiger partial charge < -0.3 is 21.1 Å². The maximum atomic E-state index is 13.9. The van der Waals surface area contributed by atoms with Crippen LogP contribution in [-0.4, -0.2) is 84.1 Å². The number of aryl methyl sites for hydroxylation is 1. The number of nitrogens with zero attached hydrogens (tertiary/aromatic N) is 4. The summed E-state index contributed by atoms with van der Waals surface area (Å²) in [5.41, 5.74) is 10.5. The van der Waals surface area contributed by atoms with Crippen LogP contribution in [-0.2, 0) is 38.8 Å². The zero-order valence-electron chi connectivity index (χ0n) is 28.5. The van der Waals surface area contributed by atoms with E-state index >= 15 is 0 Å². The van der Waals surface area contributed by atoms with Gasteiger partial charge in [-0.05, 0) is 80.3 Å². The molecule has 0 bridgehead atoms. The number of nitrogens with two attached hydrogens (primary N) is 1. The molecule has 1 aromatic heterocycles. The van der Waals surface area contributed by atoms with E-state index in [9.17, 15) is 18.0 Å². The average molecular weight is 679 g/mol. The summed E-state index contributed by atoms with van der Waals surface area (Å²) in [5.74, 6) is 0.357. The summed E-state index contributed by atoms with van der Waals surface area (Å²) >= 11 is 0. The number of likely N-dealkylation sites (tertiary alicyclic amines) is 1. The number of benzene rings is 2. The van der Waals surface area contributed by atoms with Gasteiger partial charge in [-0.1, -0.05) is 56.2 Å². The molecule has 260 valence electrons. The number of unbranched alkanes of at least 4 members (excludes halogenated alkanes) is 2. The van der Waals surface area contributed by atoms with Crippen LogP contribution in [0.4, 0.5) is 11.8 Å². The highest BCUT2D eigenvalue weighted by molar-refractivity contribution is 7.90. The second kappa shape index (κ2) is 17.4. The molecule has 2 heterocycles. The van der Waals surface area contributed by atoms with Crippen LogP contribution >= 0.6 is 0 Å². The number of hydrogen-bond acceptors (Lipinski definition) is 9. The number of hydrogen-bond donors (Lipinski definition) is 3. The summed E-state index contributed by atoms with van der Waals surface area (Å²) < 4.78 is 23.9. The molecule has 1 fully saturated rings. The van der Waals surface area contributed by atoms with E-state index in [1.165, 1.54) is 6.26 Å². The molecule has 0 spiro atoms. The quantitative estimate of drug-likeness (QED) is 0.169. The molecule has 4 rings (SSSR count). The molecule has 0 radical (unpaired) electrons. The van der Waals surface area contributed by atoms with E-state index in [0.717, 1.165) is 79.9 Å². The molecule has 11 nitrogen and oxygen atoms in total. The second-order valence-corrected chi connectivity index (χ2v) is 14.9. The summed E-state index contributed by atoms with van der Waals surface area (Å²) in [7, 11) is -3.26. The van der Waals surface area contributed by atoms with Gasteiger partial charge in [0.15, 0.2) is 9.84 Å². The molecule has 1 aliphatic heterocycles. The Kier molecular flexibility index (Phi) is 13.3. The topological polar surface area (TPSA) is 159 Å². The van der Waals surface area contributed by atoms with Gasteiger partial charge in [0, 0.05) is 43.7 Å². The van der Waals surface area contributed by atoms with Crippen LogP contribution in [0.2, 0.25) is 0 Å². The highest BCUT2D eigenvalue weighted by Gasteiger charge is 2.25. The van der Waals surface area contributed by atoms with Crippen molar-refractivity contribution in [1.29, 1.82) is 0 Å². The lowest BCUT2D eigenvalue weighted by Crippen LogP contribution is -2.44. The van der Waals surface area contributed by atoms with Crippen molar-refractivity contribution >= 4 is 33.5 Å². The van der Waals surface area contributed by atoms with Crippen LogP contribution < -0.4 is 11.1 Å². The van der Waals surface area contributed by atoms with E-state index < -0.39 is 15.8 Å². The number of amides is 1. The van der Waals surface area contributed by atoms with Crippen molar-refractivity contribution < 1.29 is 23.1 Å². The van der Waals surface area contributed by atoms with Crippen LogP contribution in [0.15, 0.2) is 53.4 Å². The van der Waals surface area contributed by atoms with Gasteiger partial charge >= 0.3 is 5.97 Å². The van der Waals surface area contributed by atoms with E-state index in [1.807, 2.05) is 48.2 Å². The SMILES string of the molecule is CCCCCNc1nc(N)nc(C)c1CCCN(Cc1ccc(CC(=O)O)cc1)C(=O)CN1CCCC(c2ccc(S(C)(=O)=O)cc2)C1. The van der Waals surface area contributed by atoms with Crippen LogP contribution in [0.5, 0.6) is 0 Å². The van der Waals surface area contributed by atoms with Crippen molar-refractivity contribution in [1.82, 2.24) is 19.8 Å². The molecule has 1 saturated heterocycles. The Morgan fingerprint density at radius 2 is 1.75 bits per heavy atom. The highest BCUT2D eigenvalue weighted by atomic mass is 32.2. The number of carboxylic acid groups (broad SMARTS) is 1. The minimum absolute atomic E-state index is 0.0286. The predicted molar refractivity (Wildman–Crippen MR) is 189 cm³/mol. The molecule has 48 heavy (non-hydrogen) atoms. The zero-order chi connectivity index (χ0) is 34.7. The lowest BCUT2D eigenvalue weighted by molar-refractivity contribution is -0.136. The predicted octanol–water partition coefficient (Wildman–Crippen LogP) is 4.84. The normalized spacial score (nSPS) is 15.3. The summed E-state index contributed by atoms with van der Waals surface area (Å²) in [6, 6.07) is 14.5. The Morgan fingerprint density at radius 3 is 2.42 bits per heavy atom. The number of nitrogen functional groups attached to an aromatic ring is 1. The molecule has 12 heteroatoms. The summed E-state index contributed by atoms with van der Waals surface area (Å²) in [4.78, 5) is 38.4. The first-order valence-corrected chi connectivity index (χ1v) is 18.8. The highest BCUT2D eigenvalue weighted by Crippen LogP contribution is 2.28. The Morgan fingerprint density at radius 1 is 1.04 bits per heavy atom. The molecular weight excluding hydrogens is 629 g/mol. The first kappa shape index (κ1) is 36.8. The lowest BCUT2D eigenvalue weighted by atomic mass is 9.90. The molecular formula is C36H50N6O5S. The first-order chi connectivity index (χ1) is 22.9. The Hall–Kier alpha value is -4.03. The number of sulfone groups is 1. The van der Waals surface area contributed by atoms with Gasteiger partial charge in [0.2, 0.25) is 11.9 Å². The van der Waals surface area contributed by atoms with Gasteiger partial charge in [0.05, 0.1) is 17.9 Å². The maximum absolute atomic E-state index is 13.9. The number of aliphatic carboxylic acids is 1. The van der Waals surface area contributed by atoms with E-state index in [2.05, 4.69) is 27.1 Å². The van der Waals surface area contributed by atoms with Gasteiger partial charge in [-0.3, -0.25) is 14.5 Å². The zero-order valence-corrected chi connectivity index (χ0v) is 29.3. The lowest BCUT2D eigenvalue weighted by Gasteiger charge is -2.34. The van der Waals surface area contributed by atoms with Crippen molar-refractivity contribution in [3.63, 3.8) is 0 Å². The first-order valence-electron chi connectivity index (χ1n) is 16.9. The van der Waals surface area contributed by atoms with Crippen molar-refractivity contribution in [2.75, 3.05) is 50.0 Å². The third-order valence-electron chi connectivity index (χ3n) is 8.91. The van der Waals surface area contributed by atoms with E-state index in [4.69, 9.17) is 10.8 Å². The summed E-state index contributed by atoms with van der Waals surface area (Å²) in [6.45, 7) is 7.66. The van der Waals surface area contributed by atoms with Crippen molar-refractivity contribution in [2.45, 2.75) is 82.6 Å². The van der Waals surface area contributed by atoms with Crippen LogP contribution in [0.1, 0.15) is 79.3 Å². The molecule has 1 unspecified atom stereocenters. The number of carboxylic acids is 1. The minimum atomic E-state index is -3.26. The average Bonchev–Trinajstić information content (AvgIpc) is 3.04. The molecule has 1 atom stereocenters. The number of piperidine rings is 1. The van der Waals surface area contributed by atoms with Crippen molar-refractivity contribution in [3.05, 3.63) is 76.5 Å². The van der Waals surface area contributed by atoms with Crippen LogP contribution in [0.25, 0.3) is 0 Å². The fourth-order valence-electron chi connectivity index (χ4n) is 6.29. The Bertz CT molecular complexity index is 1630. The van der Waals surface area contributed by atoms with E-state index in [0.29, 0.717) is 36.4 Å². The number of aromatic nitrogens is 2. The minimum Gasteiger partial charge on any atom is -0.481 e. The number of carbonyl (C=O) groups is 2. The number of rotatable bonds is 17. The molecule has 4 N–H and O–H groups in total.